The number of benzene rings is 2. The topological polar surface area (TPSA) is 87.8 Å². The first-order valence-corrected chi connectivity index (χ1v) is 6.93. The third kappa shape index (κ3) is 3.79. The van der Waals surface area contributed by atoms with E-state index in [1.165, 1.54) is 36.5 Å². The van der Waals surface area contributed by atoms with Crippen molar-refractivity contribution in [1.82, 2.24) is 0 Å². The van der Waals surface area contributed by atoms with Crippen molar-refractivity contribution < 1.29 is 10.0 Å². The van der Waals surface area contributed by atoms with Gasteiger partial charge in [-0.2, -0.15) is 5.10 Å². The van der Waals surface area contributed by atoms with Crippen LogP contribution in [0.3, 0.4) is 0 Å². The van der Waals surface area contributed by atoms with Crippen molar-refractivity contribution >= 4 is 52.4 Å². The summed E-state index contributed by atoms with van der Waals surface area (Å²) in [7, 11) is 0. The summed E-state index contributed by atoms with van der Waals surface area (Å²) in [6.07, 6.45) is 1.21. The van der Waals surface area contributed by atoms with Crippen molar-refractivity contribution in [2.45, 2.75) is 0 Å². The molecule has 0 spiro atoms. The molecule has 0 atom stereocenters. The Morgan fingerprint density at radius 1 is 1.18 bits per heavy atom. The van der Waals surface area contributed by atoms with Gasteiger partial charge in [0.25, 0.3) is 5.69 Å². The lowest BCUT2D eigenvalue weighted by Crippen LogP contribution is -1.94. The first-order valence-electron chi connectivity index (χ1n) is 5.79. The Hall–Kier alpha value is -2.02. The normalized spacial score (nSPS) is 10.9. The van der Waals surface area contributed by atoms with E-state index in [1.807, 2.05) is 0 Å². The highest BCUT2D eigenvalue weighted by atomic mass is 35.5. The van der Waals surface area contributed by atoms with Crippen molar-refractivity contribution in [3.05, 3.63) is 61.1 Å². The zero-order valence-corrected chi connectivity index (χ0v) is 13.0. The van der Waals surface area contributed by atoms with E-state index in [1.54, 1.807) is 0 Å². The first-order chi connectivity index (χ1) is 10.4. The average Bonchev–Trinajstić information content (AvgIpc) is 2.43. The molecule has 0 fully saturated rings. The minimum Gasteiger partial charge on any atom is -0.507 e. The molecule has 0 radical (unpaired) electrons. The first kappa shape index (κ1) is 16.4. The number of nitro groups is 1. The molecule has 2 aromatic rings. The fourth-order valence-corrected chi connectivity index (χ4v) is 2.48. The van der Waals surface area contributed by atoms with Gasteiger partial charge in [0.1, 0.15) is 5.75 Å². The molecule has 114 valence electrons. The molecule has 0 aliphatic carbocycles. The monoisotopic (exact) mass is 359 g/mol. The van der Waals surface area contributed by atoms with Crippen LogP contribution in [0.15, 0.2) is 35.4 Å². The van der Waals surface area contributed by atoms with Crippen LogP contribution < -0.4 is 5.43 Å². The summed E-state index contributed by atoms with van der Waals surface area (Å²) in [5, 5.41) is 25.1. The average molecular weight is 361 g/mol. The Balaban J connectivity index is 2.23. The Labute approximate surface area is 140 Å². The molecule has 2 N–H and O–H groups in total. The van der Waals surface area contributed by atoms with Gasteiger partial charge in [-0.05, 0) is 18.2 Å². The Kier molecular flexibility index (Phi) is 5.07. The minimum atomic E-state index is -0.572. The van der Waals surface area contributed by atoms with Gasteiger partial charge in [0, 0.05) is 22.7 Å². The van der Waals surface area contributed by atoms with Crippen LogP contribution in [0.1, 0.15) is 5.56 Å². The molecule has 0 aromatic heterocycles. The van der Waals surface area contributed by atoms with Crippen LogP contribution >= 0.6 is 34.8 Å². The summed E-state index contributed by atoms with van der Waals surface area (Å²) in [6.45, 7) is 0. The van der Waals surface area contributed by atoms with Crippen LogP contribution in [0, 0.1) is 10.1 Å². The maximum absolute atomic E-state index is 10.7. The highest BCUT2D eigenvalue weighted by Crippen LogP contribution is 2.33. The van der Waals surface area contributed by atoms with Gasteiger partial charge in [-0.15, -0.1) is 0 Å². The molecule has 0 saturated heterocycles. The quantitative estimate of drug-likeness (QED) is 0.469. The van der Waals surface area contributed by atoms with E-state index in [9.17, 15) is 15.2 Å². The van der Waals surface area contributed by atoms with Crippen LogP contribution in [-0.4, -0.2) is 16.2 Å². The number of phenols is 1. The maximum atomic E-state index is 10.7. The molecule has 0 aliphatic heterocycles. The highest BCUT2D eigenvalue weighted by Gasteiger charge is 2.09. The number of halogens is 3. The van der Waals surface area contributed by atoms with Gasteiger partial charge < -0.3 is 5.11 Å². The molecular formula is C13H8Cl3N3O3. The Bertz CT molecular complexity index is 742. The number of anilines is 1. The smallest absolute Gasteiger partial charge is 0.270 e. The largest absolute Gasteiger partial charge is 0.507 e. The van der Waals surface area contributed by atoms with E-state index in [0.717, 1.165) is 0 Å². The SMILES string of the molecule is O=[N+]([O-])c1ccc(O)c(/C=N/Nc2c(Cl)cc(Cl)cc2Cl)c1. The van der Waals surface area contributed by atoms with Gasteiger partial charge in [-0.25, -0.2) is 0 Å². The number of phenolic OH excluding ortho intramolecular Hbond substituents is 1. The molecule has 0 unspecified atom stereocenters. The molecule has 6 nitrogen and oxygen atoms in total. The van der Waals surface area contributed by atoms with Crippen LogP contribution in [0.25, 0.3) is 0 Å². The fourth-order valence-electron chi connectivity index (χ4n) is 1.57. The number of hydrogen-bond donors (Lipinski definition) is 2. The molecule has 2 aromatic carbocycles. The van der Waals surface area contributed by atoms with E-state index < -0.39 is 4.92 Å². The van der Waals surface area contributed by atoms with Crippen LogP contribution in [0.5, 0.6) is 5.75 Å². The maximum Gasteiger partial charge on any atom is 0.270 e. The second kappa shape index (κ2) is 6.83. The Morgan fingerprint density at radius 2 is 1.82 bits per heavy atom. The number of aromatic hydroxyl groups is 1. The van der Waals surface area contributed by atoms with Gasteiger partial charge in [0.05, 0.1) is 26.9 Å². The predicted molar refractivity (Wildman–Crippen MR) is 87.4 cm³/mol. The van der Waals surface area contributed by atoms with Gasteiger partial charge in [0.15, 0.2) is 0 Å². The summed E-state index contributed by atoms with van der Waals surface area (Å²) in [5.74, 6) is -0.149. The third-order valence-electron chi connectivity index (χ3n) is 2.61. The van der Waals surface area contributed by atoms with Crippen LogP contribution in [0.4, 0.5) is 11.4 Å². The number of non-ortho nitro benzene ring substituents is 1. The highest BCUT2D eigenvalue weighted by molar-refractivity contribution is 6.41. The molecular weight excluding hydrogens is 353 g/mol. The lowest BCUT2D eigenvalue weighted by molar-refractivity contribution is -0.384. The molecule has 0 bridgehead atoms. The van der Waals surface area contributed by atoms with Gasteiger partial charge in [0.2, 0.25) is 0 Å². The van der Waals surface area contributed by atoms with E-state index in [0.29, 0.717) is 10.7 Å². The van der Waals surface area contributed by atoms with E-state index in [-0.39, 0.29) is 27.0 Å². The molecule has 0 saturated carbocycles. The number of nitro benzene ring substituents is 1. The number of rotatable bonds is 4. The Morgan fingerprint density at radius 3 is 2.41 bits per heavy atom. The summed E-state index contributed by atoms with van der Waals surface area (Å²) in [5.41, 5.74) is 2.93. The van der Waals surface area contributed by atoms with Crippen molar-refractivity contribution in [3.8, 4) is 5.75 Å². The van der Waals surface area contributed by atoms with Gasteiger partial charge in [-0.1, -0.05) is 34.8 Å². The zero-order valence-electron chi connectivity index (χ0n) is 10.8. The van der Waals surface area contributed by atoms with E-state index >= 15 is 0 Å². The second-order valence-electron chi connectivity index (χ2n) is 4.11. The second-order valence-corrected chi connectivity index (χ2v) is 5.37. The zero-order chi connectivity index (χ0) is 16.3. The van der Waals surface area contributed by atoms with Crippen LogP contribution in [0.2, 0.25) is 15.1 Å². The van der Waals surface area contributed by atoms with E-state index in [4.69, 9.17) is 34.8 Å². The minimum absolute atomic E-state index is 0.149. The van der Waals surface area contributed by atoms with Crippen molar-refractivity contribution in [2.75, 3.05) is 5.43 Å². The molecule has 22 heavy (non-hydrogen) atoms. The number of nitrogens with zero attached hydrogens (tertiary/aromatic N) is 2. The number of hydrogen-bond acceptors (Lipinski definition) is 5. The summed E-state index contributed by atoms with van der Waals surface area (Å²) >= 11 is 17.7. The molecule has 0 heterocycles. The lowest BCUT2D eigenvalue weighted by atomic mass is 10.2. The van der Waals surface area contributed by atoms with Crippen molar-refractivity contribution in [3.63, 3.8) is 0 Å². The number of nitrogens with one attached hydrogen (secondary N) is 1. The molecule has 9 heteroatoms. The third-order valence-corrected chi connectivity index (χ3v) is 3.42. The molecule has 2 rings (SSSR count). The number of hydrazone groups is 1. The van der Waals surface area contributed by atoms with Crippen molar-refractivity contribution in [1.29, 1.82) is 0 Å². The standard InChI is InChI=1S/C13H8Cl3N3O3/c14-8-4-10(15)13(11(16)5-8)18-17-6-7-3-9(19(21)22)1-2-12(7)20/h1-6,18,20H/b17-6+. The predicted octanol–water partition coefficient (Wildman–Crippen LogP) is 4.71. The summed E-state index contributed by atoms with van der Waals surface area (Å²) < 4.78 is 0. The molecule has 0 amide bonds. The summed E-state index contributed by atoms with van der Waals surface area (Å²) in [4.78, 5) is 10.1. The fraction of sp³-hybridized carbons (Fsp3) is 0. The molecule has 0 aliphatic rings. The summed E-state index contributed by atoms with van der Waals surface area (Å²) in [6, 6.07) is 6.55. The van der Waals surface area contributed by atoms with Gasteiger partial charge in [-0.3, -0.25) is 15.5 Å². The lowest BCUT2D eigenvalue weighted by Gasteiger charge is -2.06. The van der Waals surface area contributed by atoms with Gasteiger partial charge >= 0.3 is 0 Å². The van der Waals surface area contributed by atoms with E-state index in [2.05, 4.69) is 10.5 Å². The van der Waals surface area contributed by atoms with Crippen molar-refractivity contribution in [2.24, 2.45) is 5.10 Å². The van der Waals surface area contributed by atoms with Crippen LogP contribution in [-0.2, 0) is 0 Å².